The van der Waals surface area contributed by atoms with Crippen molar-refractivity contribution in [2.24, 2.45) is 5.92 Å². The fraction of sp³-hybridized carbons (Fsp3) is 0.464. The molecular formula is C28H34N6O4. The van der Waals surface area contributed by atoms with E-state index in [9.17, 15) is 9.59 Å². The SMILES string of the molecule is CNC(=O)c1ccc(-c2cc(OC3CCOCC3)c3c(N)n[nH]c3c2)cc1N1CCN(C(=O)C2CC2)CC1. The molecule has 4 N–H and O–H groups in total. The van der Waals surface area contributed by atoms with Crippen molar-refractivity contribution in [1.29, 1.82) is 0 Å². The van der Waals surface area contributed by atoms with Crippen LogP contribution in [0.4, 0.5) is 11.5 Å². The van der Waals surface area contributed by atoms with Gasteiger partial charge >= 0.3 is 0 Å². The van der Waals surface area contributed by atoms with Crippen molar-refractivity contribution < 1.29 is 19.1 Å². The van der Waals surface area contributed by atoms with Gasteiger partial charge in [-0.25, -0.2) is 0 Å². The minimum Gasteiger partial charge on any atom is -0.489 e. The smallest absolute Gasteiger partial charge is 0.253 e. The Morgan fingerprint density at radius 3 is 2.53 bits per heavy atom. The predicted molar refractivity (Wildman–Crippen MR) is 145 cm³/mol. The first kappa shape index (κ1) is 24.5. The number of H-pyrrole nitrogens is 1. The number of hydrogen-bond donors (Lipinski definition) is 3. The van der Waals surface area contributed by atoms with E-state index in [0.717, 1.165) is 53.4 Å². The van der Waals surface area contributed by atoms with Gasteiger partial charge in [0, 0.05) is 52.0 Å². The first-order valence-corrected chi connectivity index (χ1v) is 13.4. The molecule has 0 radical (unpaired) electrons. The number of carbonyl (C=O) groups excluding carboxylic acids is 2. The molecule has 0 spiro atoms. The molecule has 0 atom stereocenters. The van der Waals surface area contributed by atoms with E-state index >= 15 is 0 Å². The Bertz CT molecular complexity index is 1350. The van der Waals surface area contributed by atoms with Gasteiger partial charge in [-0.3, -0.25) is 14.7 Å². The number of nitrogen functional groups attached to an aromatic ring is 1. The van der Waals surface area contributed by atoms with Crippen molar-refractivity contribution in [2.45, 2.75) is 31.8 Å². The number of piperazine rings is 1. The van der Waals surface area contributed by atoms with E-state index in [1.54, 1.807) is 7.05 Å². The zero-order chi connectivity index (χ0) is 26.2. The number of amides is 2. The Labute approximate surface area is 221 Å². The van der Waals surface area contributed by atoms with Crippen molar-refractivity contribution in [2.75, 3.05) is 57.1 Å². The van der Waals surface area contributed by atoms with E-state index < -0.39 is 0 Å². The normalized spacial score (nSPS) is 18.6. The number of aromatic amines is 1. The molecule has 10 heteroatoms. The predicted octanol–water partition coefficient (Wildman–Crippen LogP) is 2.79. The third-order valence-corrected chi connectivity index (χ3v) is 7.78. The van der Waals surface area contributed by atoms with E-state index in [4.69, 9.17) is 15.2 Å². The summed E-state index contributed by atoms with van der Waals surface area (Å²) in [6.45, 7) is 4.04. The summed E-state index contributed by atoms with van der Waals surface area (Å²) in [5.41, 5.74) is 10.4. The van der Waals surface area contributed by atoms with E-state index in [0.29, 0.717) is 56.5 Å². The number of aromatic nitrogens is 2. The van der Waals surface area contributed by atoms with Crippen molar-refractivity contribution in [3.8, 4) is 16.9 Å². The zero-order valence-corrected chi connectivity index (χ0v) is 21.7. The third-order valence-electron chi connectivity index (χ3n) is 7.78. The van der Waals surface area contributed by atoms with E-state index in [2.05, 4.69) is 26.5 Å². The highest BCUT2D eigenvalue weighted by Crippen LogP contribution is 2.38. The van der Waals surface area contributed by atoms with Crippen molar-refractivity contribution in [1.82, 2.24) is 20.4 Å². The molecule has 38 heavy (non-hydrogen) atoms. The standard InChI is InChI=1S/C28H34N6O4/c1-30-27(35)21-5-4-18(15-23(21)33-8-10-34(11-9-33)28(36)17-2-3-17)19-14-22-25(26(29)32-31-22)24(16-19)38-20-6-12-37-13-7-20/h4-5,14-17,20H,2-3,6-13H2,1H3,(H,30,35)(H3,29,31,32). The minimum absolute atomic E-state index is 0.0531. The Kier molecular flexibility index (Phi) is 6.57. The van der Waals surface area contributed by atoms with Gasteiger partial charge in [0.25, 0.3) is 5.91 Å². The number of anilines is 2. The fourth-order valence-electron chi connectivity index (χ4n) is 5.43. The summed E-state index contributed by atoms with van der Waals surface area (Å²) >= 11 is 0. The largest absolute Gasteiger partial charge is 0.489 e. The highest BCUT2D eigenvalue weighted by Gasteiger charge is 2.35. The number of fused-ring (bicyclic) bond motifs is 1. The molecule has 6 rings (SSSR count). The number of nitrogens with two attached hydrogens (primary N) is 1. The van der Waals surface area contributed by atoms with Gasteiger partial charge in [0.05, 0.1) is 35.4 Å². The second kappa shape index (κ2) is 10.2. The van der Waals surface area contributed by atoms with E-state index in [1.165, 1.54) is 0 Å². The number of benzene rings is 2. The van der Waals surface area contributed by atoms with Gasteiger partial charge in [-0.1, -0.05) is 6.07 Å². The fourth-order valence-corrected chi connectivity index (χ4v) is 5.43. The molecule has 3 heterocycles. The topological polar surface area (TPSA) is 126 Å². The summed E-state index contributed by atoms with van der Waals surface area (Å²) in [6, 6.07) is 9.91. The Morgan fingerprint density at radius 1 is 1.05 bits per heavy atom. The molecule has 3 aliphatic rings. The zero-order valence-electron chi connectivity index (χ0n) is 21.7. The van der Waals surface area contributed by atoms with Crippen LogP contribution in [0, 0.1) is 5.92 Å². The number of hydrogen-bond acceptors (Lipinski definition) is 7. The lowest BCUT2D eigenvalue weighted by molar-refractivity contribution is -0.132. The summed E-state index contributed by atoms with van der Waals surface area (Å²) in [4.78, 5) is 29.5. The molecule has 2 saturated heterocycles. The molecule has 3 aromatic rings. The monoisotopic (exact) mass is 518 g/mol. The van der Waals surface area contributed by atoms with Crippen LogP contribution >= 0.6 is 0 Å². The number of rotatable bonds is 6. The van der Waals surface area contributed by atoms with Crippen LogP contribution in [-0.4, -0.2) is 79.5 Å². The van der Waals surface area contributed by atoms with Crippen molar-refractivity contribution in [3.05, 3.63) is 35.9 Å². The van der Waals surface area contributed by atoms with Crippen LogP contribution in [0.25, 0.3) is 22.0 Å². The first-order valence-electron chi connectivity index (χ1n) is 13.4. The van der Waals surface area contributed by atoms with Gasteiger partial charge in [0.1, 0.15) is 11.9 Å². The van der Waals surface area contributed by atoms with Crippen LogP contribution in [-0.2, 0) is 9.53 Å². The molecule has 1 aromatic heterocycles. The van der Waals surface area contributed by atoms with Gasteiger partial charge in [0.2, 0.25) is 5.91 Å². The van der Waals surface area contributed by atoms with E-state index in [-0.39, 0.29) is 23.8 Å². The third kappa shape index (κ3) is 4.76. The summed E-state index contributed by atoms with van der Waals surface area (Å²) < 4.78 is 11.9. The summed E-state index contributed by atoms with van der Waals surface area (Å²) in [6.07, 6.45) is 3.72. The molecule has 2 aromatic carbocycles. The lowest BCUT2D eigenvalue weighted by Crippen LogP contribution is -2.49. The van der Waals surface area contributed by atoms with E-state index in [1.807, 2.05) is 29.2 Å². The van der Waals surface area contributed by atoms with Crippen molar-refractivity contribution >= 4 is 34.2 Å². The maximum Gasteiger partial charge on any atom is 0.253 e. The molecule has 10 nitrogen and oxygen atoms in total. The van der Waals surface area contributed by atoms with Crippen molar-refractivity contribution in [3.63, 3.8) is 0 Å². The Hall–Kier alpha value is -3.79. The van der Waals surface area contributed by atoms with Crippen LogP contribution in [0.1, 0.15) is 36.0 Å². The molecule has 1 saturated carbocycles. The molecule has 1 aliphatic carbocycles. The summed E-state index contributed by atoms with van der Waals surface area (Å²) in [5.74, 6) is 1.45. The first-order chi connectivity index (χ1) is 18.5. The Balaban J connectivity index is 1.33. The van der Waals surface area contributed by atoms with Crippen LogP contribution in [0.5, 0.6) is 5.75 Å². The average Bonchev–Trinajstić information content (AvgIpc) is 3.74. The van der Waals surface area contributed by atoms with Gasteiger partial charge in [-0.2, -0.15) is 5.10 Å². The van der Waals surface area contributed by atoms with Crippen LogP contribution in [0.2, 0.25) is 0 Å². The quantitative estimate of drug-likeness (QED) is 0.458. The molecule has 3 fully saturated rings. The summed E-state index contributed by atoms with van der Waals surface area (Å²) in [7, 11) is 1.64. The number of ether oxygens (including phenoxy) is 2. The maximum atomic E-state index is 12.8. The van der Waals surface area contributed by atoms with Crippen LogP contribution < -0.4 is 20.7 Å². The van der Waals surface area contributed by atoms with Crippen LogP contribution in [0.15, 0.2) is 30.3 Å². The molecule has 2 aliphatic heterocycles. The van der Waals surface area contributed by atoms with Gasteiger partial charge in [0.15, 0.2) is 5.82 Å². The lowest BCUT2D eigenvalue weighted by Gasteiger charge is -2.37. The second-order valence-electron chi connectivity index (χ2n) is 10.3. The highest BCUT2D eigenvalue weighted by molar-refractivity contribution is 6.01. The number of nitrogens with one attached hydrogen (secondary N) is 2. The number of nitrogens with zero attached hydrogens (tertiary/aromatic N) is 3. The molecule has 0 bridgehead atoms. The molecule has 0 unspecified atom stereocenters. The van der Waals surface area contributed by atoms with Gasteiger partial charge in [-0.15, -0.1) is 0 Å². The molecular weight excluding hydrogens is 484 g/mol. The van der Waals surface area contributed by atoms with Gasteiger partial charge < -0.3 is 30.3 Å². The van der Waals surface area contributed by atoms with Crippen LogP contribution in [0.3, 0.4) is 0 Å². The lowest BCUT2D eigenvalue weighted by atomic mass is 9.99. The maximum absolute atomic E-state index is 12.8. The highest BCUT2D eigenvalue weighted by atomic mass is 16.5. The minimum atomic E-state index is -0.136. The molecule has 2 amide bonds. The Morgan fingerprint density at radius 2 is 1.82 bits per heavy atom. The average molecular weight is 519 g/mol. The molecule has 200 valence electrons. The van der Waals surface area contributed by atoms with Gasteiger partial charge in [-0.05, 0) is 48.2 Å². The summed E-state index contributed by atoms with van der Waals surface area (Å²) in [5, 5.41) is 10.8. The number of carbonyl (C=O) groups is 2. The second-order valence-corrected chi connectivity index (χ2v) is 10.3.